The van der Waals surface area contributed by atoms with Crippen molar-refractivity contribution in [3.63, 3.8) is 0 Å². The van der Waals surface area contributed by atoms with Gasteiger partial charge in [0.2, 0.25) is 5.78 Å². The van der Waals surface area contributed by atoms with Crippen LogP contribution in [0, 0.1) is 0 Å². The molecule has 0 bridgehead atoms. The summed E-state index contributed by atoms with van der Waals surface area (Å²) in [6.07, 6.45) is 2.09. The van der Waals surface area contributed by atoms with Crippen molar-refractivity contribution in [1.29, 1.82) is 0 Å². The van der Waals surface area contributed by atoms with Crippen LogP contribution in [0.15, 0.2) is 41.7 Å². The molecule has 0 saturated carbocycles. The van der Waals surface area contributed by atoms with Crippen molar-refractivity contribution in [2.75, 3.05) is 7.11 Å². The van der Waals surface area contributed by atoms with Gasteiger partial charge < -0.3 is 18.3 Å². The number of benzene rings is 1. The Bertz CT molecular complexity index is 1130. The number of ether oxygens (including phenoxy) is 2. The summed E-state index contributed by atoms with van der Waals surface area (Å²) in [6.45, 7) is 24.0. The van der Waals surface area contributed by atoms with E-state index in [1.807, 2.05) is 13.0 Å². The lowest BCUT2D eigenvalue weighted by molar-refractivity contribution is -0.0505. The highest BCUT2D eigenvalue weighted by atomic mass is 28.4. The summed E-state index contributed by atoms with van der Waals surface area (Å²) in [4.78, 5) is 26.7. The number of methoxy groups -OCH3 is 1. The fourth-order valence-electron chi connectivity index (χ4n) is 4.00. The highest BCUT2D eigenvalue weighted by Gasteiger charge is 2.48. The maximum absolute atomic E-state index is 13.7. The van der Waals surface area contributed by atoms with E-state index >= 15 is 0 Å². The molecule has 0 saturated heterocycles. The fourth-order valence-corrected chi connectivity index (χ4v) is 6.60. The summed E-state index contributed by atoms with van der Waals surface area (Å²) >= 11 is 0. The maximum Gasteiger partial charge on any atom is 0.201 e. The van der Waals surface area contributed by atoms with Crippen molar-refractivity contribution in [3.8, 4) is 5.75 Å². The average Bonchev–Trinajstić information content (AvgIpc) is 2.76. The molecule has 0 spiro atoms. The van der Waals surface area contributed by atoms with Gasteiger partial charge in [0.25, 0.3) is 0 Å². The highest BCUT2D eigenvalue weighted by Crippen LogP contribution is 2.43. The lowest BCUT2D eigenvalue weighted by Crippen LogP contribution is -2.56. The zero-order chi connectivity index (χ0) is 28.1. The molecule has 0 unspecified atom stereocenters. The number of rotatable bonds is 6. The van der Waals surface area contributed by atoms with E-state index in [0.29, 0.717) is 17.1 Å². The zero-order valence-electron chi connectivity index (χ0n) is 24.6. The molecule has 0 amide bonds. The second-order valence-corrected chi connectivity index (χ2v) is 22.7. The largest absolute Gasteiger partial charge is 0.496 e. The summed E-state index contributed by atoms with van der Waals surface area (Å²) in [7, 11) is -2.90. The standard InChI is InChI=1S/C29H44O6Si2/c1-18-27(35-37(11,12)29(5,6)7)24(34-36(9,10)28(2,3)4)17-23(33-18)20-16-21(30)19-14-13-15-22(32-8)25(19)26(20)31/h13-18,24,27H,1-12H3/t18-,24-,27-/m0/s1. The van der Waals surface area contributed by atoms with Crippen LogP contribution in [0.1, 0.15) is 69.2 Å². The number of allylic oxidation sites excluding steroid dienone is 2. The minimum atomic E-state index is -2.22. The van der Waals surface area contributed by atoms with E-state index in [-0.39, 0.29) is 45.0 Å². The van der Waals surface area contributed by atoms with Crippen LogP contribution < -0.4 is 4.74 Å². The molecule has 204 valence electrons. The number of fused-ring (bicyclic) bond motifs is 1. The number of ketones is 2. The first-order valence-electron chi connectivity index (χ1n) is 13.0. The molecule has 3 rings (SSSR count). The Kier molecular flexibility index (Phi) is 7.94. The second-order valence-electron chi connectivity index (χ2n) is 13.2. The maximum atomic E-state index is 13.7. The molecule has 0 aromatic heterocycles. The van der Waals surface area contributed by atoms with Gasteiger partial charge in [0.15, 0.2) is 22.4 Å². The van der Waals surface area contributed by atoms with Gasteiger partial charge in [0.1, 0.15) is 23.7 Å². The van der Waals surface area contributed by atoms with Gasteiger partial charge in [0, 0.05) is 11.6 Å². The molecular formula is C29H44O6Si2. The van der Waals surface area contributed by atoms with Gasteiger partial charge in [-0.2, -0.15) is 0 Å². The van der Waals surface area contributed by atoms with Crippen LogP contribution in [0.25, 0.3) is 0 Å². The predicted molar refractivity (Wildman–Crippen MR) is 153 cm³/mol. The molecule has 0 radical (unpaired) electrons. The SMILES string of the molecule is COc1cccc2c1C(=O)C(C1=C[C@H](O[Si](C)(C)C(C)(C)C)[C@@H](O[Si](C)(C)C(C)(C)C)[C@H](C)O1)=CC2=O. The smallest absolute Gasteiger partial charge is 0.201 e. The minimum absolute atomic E-state index is 0.00673. The number of hydrogen-bond acceptors (Lipinski definition) is 6. The molecule has 1 aromatic rings. The van der Waals surface area contributed by atoms with E-state index in [9.17, 15) is 9.59 Å². The Morgan fingerprint density at radius 1 is 0.892 bits per heavy atom. The van der Waals surface area contributed by atoms with E-state index in [4.69, 9.17) is 18.3 Å². The van der Waals surface area contributed by atoms with Gasteiger partial charge >= 0.3 is 0 Å². The molecule has 6 nitrogen and oxygen atoms in total. The van der Waals surface area contributed by atoms with Crippen LogP contribution in [-0.4, -0.2) is 53.6 Å². The molecule has 1 heterocycles. The van der Waals surface area contributed by atoms with Crippen LogP contribution in [0.3, 0.4) is 0 Å². The van der Waals surface area contributed by atoms with Crippen molar-refractivity contribution in [1.82, 2.24) is 0 Å². The third-order valence-corrected chi connectivity index (χ3v) is 17.4. The Morgan fingerprint density at radius 2 is 1.46 bits per heavy atom. The van der Waals surface area contributed by atoms with Gasteiger partial charge in [-0.25, -0.2) is 0 Å². The molecule has 8 heteroatoms. The monoisotopic (exact) mass is 544 g/mol. The van der Waals surface area contributed by atoms with Crippen molar-refractivity contribution >= 4 is 28.2 Å². The summed E-state index contributed by atoms with van der Waals surface area (Å²) in [5, 5.41) is -0.0148. The van der Waals surface area contributed by atoms with E-state index in [2.05, 4.69) is 67.7 Å². The summed E-state index contributed by atoms with van der Waals surface area (Å²) < 4.78 is 25.6. The number of carbonyl (C=O) groups is 2. The Balaban J connectivity index is 2.09. The van der Waals surface area contributed by atoms with Crippen molar-refractivity contribution in [2.45, 2.75) is 103 Å². The van der Waals surface area contributed by atoms with Crippen LogP contribution in [0.5, 0.6) is 5.75 Å². The Morgan fingerprint density at radius 3 is 2.00 bits per heavy atom. The summed E-state index contributed by atoms with van der Waals surface area (Å²) in [5.41, 5.74) is 0.834. The van der Waals surface area contributed by atoms with Gasteiger partial charge in [-0.1, -0.05) is 53.7 Å². The topological polar surface area (TPSA) is 71.1 Å². The average molecular weight is 545 g/mol. The third-order valence-electron chi connectivity index (χ3n) is 8.41. The lowest BCUT2D eigenvalue weighted by atomic mass is 9.87. The minimum Gasteiger partial charge on any atom is -0.496 e. The normalized spacial score (nSPS) is 23.2. The van der Waals surface area contributed by atoms with Crippen molar-refractivity contribution < 1.29 is 27.9 Å². The van der Waals surface area contributed by atoms with Gasteiger partial charge in [-0.3, -0.25) is 9.59 Å². The molecule has 1 aromatic carbocycles. The van der Waals surface area contributed by atoms with Crippen LogP contribution in [0.2, 0.25) is 36.3 Å². The van der Waals surface area contributed by atoms with E-state index in [0.717, 1.165) is 0 Å². The Labute approximate surface area is 224 Å². The van der Waals surface area contributed by atoms with E-state index < -0.39 is 22.7 Å². The lowest BCUT2D eigenvalue weighted by Gasteiger charge is -2.47. The molecular weight excluding hydrogens is 500 g/mol. The molecule has 0 fully saturated rings. The van der Waals surface area contributed by atoms with Gasteiger partial charge in [0.05, 0.1) is 24.4 Å². The molecule has 1 aliphatic heterocycles. The molecule has 1 aliphatic carbocycles. The summed E-state index contributed by atoms with van der Waals surface area (Å²) in [6, 6.07) is 5.06. The first-order chi connectivity index (χ1) is 16.8. The summed E-state index contributed by atoms with van der Waals surface area (Å²) in [5.74, 6) is 0.197. The Hall–Kier alpha value is -2.01. The van der Waals surface area contributed by atoms with Crippen molar-refractivity contribution in [3.05, 3.63) is 52.8 Å². The second kappa shape index (κ2) is 9.95. The van der Waals surface area contributed by atoms with Crippen LogP contribution >= 0.6 is 0 Å². The molecule has 2 aliphatic rings. The van der Waals surface area contributed by atoms with Crippen molar-refractivity contribution in [2.24, 2.45) is 0 Å². The fraction of sp³-hybridized carbons (Fsp3) is 0.586. The number of carbonyl (C=O) groups excluding carboxylic acids is 2. The van der Waals surface area contributed by atoms with Gasteiger partial charge in [-0.15, -0.1) is 0 Å². The van der Waals surface area contributed by atoms with Crippen LogP contribution in [0.4, 0.5) is 0 Å². The number of Topliss-reactive ketones (excluding diaryl/α,β-unsaturated/α-hetero) is 1. The molecule has 3 atom stereocenters. The van der Waals surface area contributed by atoms with E-state index in [1.54, 1.807) is 18.2 Å². The number of hydrogen-bond donors (Lipinski definition) is 0. The molecule has 0 N–H and O–H groups in total. The molecule has 37 heavy (non-hydrogen) atoms. The zero-order valence-corrected chi connectivity index (χ0v) is 26.6. The first-order valence-corrected chi connectivity index (χ1v) is 18.8. The quantitative estimate of drug-likeness (QED) is 0.356. The van der Waals surface area contributed by atoms with Gasteiger partial charge in [-0.05, 0) is 55.3 Å². The predicted octanol–water partition coefficient (Wildman–Crippen LogP) is 7.08. The van der Waals surface area contributed by atoms with E-state index in [1.165, 1.54) is 13.2 Å². The highest BCUT2D eigenvalue weighted by molar-refractivity contribution is 6.74. The first kappa shape index (κ1) is 29.5. The third kappa shape index (κ3) is 5.72. The van der Waals surface area contributed by atoms with Crippen LogP contribution in [-0.2, 0) is 13.6 Å².